The molecule has 68 valence electrons. The summed E-state index contributed by atoms with van der Waals surface area (Å²) in [4.78, 5) is 0. The van der Waals surface area contributed by atoms with Gasteiger partial charge in [0.2, 0.25) is 0 Å². The summed E-state index contributed by atoms with van der Waals surface area (Å²) < 4.78 is 5.12. The molecule has 0 atom stereocenters. The molecule has 0 spiro atoms. The van der Waals surface area contributed by atoms with Gasteiger partial charge < -0.3 is 4.18 Å². The number of benzene rings is 1. The first kappa shape index (κ1) is 10.4. The van der Waals surface area contributed by atoms with Gasteiger partial charge in [-0.15, -0.1) is 0 Å². The van der Waals surface area contributed by atoms with Crippen molar-refractivity contribution in [3.63, 3.8) is 0 Å². The van der Waals surface area contributed by atoms with Crippen LogP contribution >= 0.6 is 23.6 Å². The van der Waals surface area contributed by atoms with Crippen molar-refractivity contribution in [1.82, 2.24) is 0 Å². The molecule has 0 aromatic heterocycles. The van der Waals surface area contributed by atoms with Gasteiger partial charge in [-0.3, -0.25) is 0 Å². The molecular weight excluding hydrogens is 206 g/mol. The fraction of sp³-hybridized carbons (Fsp3) is 0.222. The smallest absolute Gasteiger partial charge is 0.101 e. The second kappa shape index (κ2) is 5.13. The summed E-state index contributed by atoms with van der Waals surface area (Å²) in [7, 11) is 0. The van der Waals surface area contributed by atoms with Crippen LogP contribution in [0.2, 0.25) is 5.02 Å². The molecule has 0 N–H and O–H groups in total. The topological polar surface area (TPSA) is 33.0 Å². The van der Waals surface area contributed by atoms with E-state index in [9.17, 15) is 0 Å². The van der Waals surface area contributed by atoms with Gasteiger partial charge in [0.1, 0.15) is 6.07 Å². The van der Waals surface area contributed by atoms with Gasteiger partial charge in [0, 0.05) is 6.26 Å². The van der Waals surface area contributed by atoms with Gasteiger partial charge >= 0.3 is 0 Å². The molecule has 0 aliphatic heterocycles. The number of halogens is 1. The molecule has 1 aromatic rings. The minimum atomic E-state index is 0.477. The van der Waals surface area contributed by atoms with E-state index in [0.29, 0.717) is 17.2 Å². The van der Waals surface area contributed by atoms with E-state index in [1.807, 2.05) is 18.4 Å². The Balaban J connectivity index is 2.79. The normalized spacial score (nSPS) is 9.62. The first-order valence-electron chi connectivity index (χ1n) is 3.62. The minimum absolute atomic E-state index is 0.477. The summed E-state index contributed by atoms with van der Waals surface area (Å²) in [6.07, 6.45) is 1.85. The zero-order valence-electron chi connectivity index (χ0n) is 7.08. The lowest BCUT2D eigenvalue weighted by Gasteiger charge is -2.01. The number of rotatable bonds is 3. The largest absolute Gasteiger partial charge is 0.311 e. The van der Waals surface area contributed by atoms with Crippen molar-refractivity contribution >= 4 is 23.6 Å². The van der Waals surface area contributed by atoms with Crippen molar-refractivity contribution in [1.29, 1.82) is 5.26 Å². The Morgan fingerprint density at radius 1 is 1.62 bits per heavy atom. The van der Waals surface area contributed by atoms with Crippen LogP contribution in [-0.2, 0) is 10.8 Å². The number of nitrogens with zero attached hydrogens (tertiary/aromatic N) is 1. The first-order valence-corrected chi connectivity index (χ1v) is 5.15. The van der Waals surface area contributed by atoms with Gasteiger partial charge in [-0.2, -0.15) is 5.26 Å². The molecular formula is C9H8ClNOS. The van der Waals surface area contributed by atoms with Crippen LogP contribution in [0.5, 0.6) is 0 Å². The van der Waals surface area contributed by atoms with E-state index in [1.165, 1.54) is 12.0 Å². The van der Waals surface area contributed by atoms with Crippen molar-refractivity contribution in [2.24, 2.45) is 0 Å². The SMILES string of the molecule is CSOCc1ccc(C#N)c(Cl)c1. The molecule has 0 saturated carbocycles. The first-order chi connectivity index (χ1) is 6.27. The lowest BCUT2D eigenvalue weighted by Crippen LogP contribution is -1.86. The highest BCUT2D eigenvalue weighted by atomic mass is 35.5. The summed E-state index contributed by atoms with van der Waals surface area (Å²) in [5.41, 5.74) is 1.47. The van der Waals surface area contributed by atoms with Crippen molar-refractivity contribution in [3.05, 3.63) is 34.3 Å². The average Bonchev–Trinajstić information content (AvgIpc) is 2.15. The Bertz CT molecular complexity index is 335. The van der Waals surface area contributed by atoms with E-state index in [0.717, 1.165) is 5.56 Å². The zero-order valence-corrected chi connectivity index (χ0v) is 8.65. The predicted octanol–water partition coefficient (Wildman–Crippen LogP) is 3.01. The molecule has 1 aromatic carbocycles. The van der Waals surface area contributed by atoms with E-state index in [2.05, 4.69) is 0 Å². The molecule has 0 aliphatic rings. The molecule has 0 bridgehead atoms. The second-order valence-corrected chi connectivity index (χ2v) is 3.33. The van der Waals surface area contributed by atoms with E-state index < -0.39 is 0 Å². The standard InChI is InChI=1S/C9H8ClNOS/c1-13-12-6-7-2-3-8(5-11)9(10)4-7/h2-4H,6H2,1H3. The van der Waals surface area contributed by atoms with E-state index in [1.54, 1.807) is 12.1 Å². The molecule has 0 radical (unpaired) electrons. The fourth-order valence-corrected chi connectivity index (χ4v) is 1.37. The maximum Gasteiger partial charge on any atom is 0.101 e. The molecule has 0 saturated heterocycles. The van der Waals surface area contributed by atoms with Crippen LogP contribution in [0.15, 0.2) is 18.2 Å². The maximum atomic E-state index is 8.62. The van der Waals surface area contributed by atoms with Crippen LogP contribution in [0.1, 0.15) is 11.1 Å². The average molecular weight is 214 g/mol. The van der Waals surface area contributed by atoms with Crippen LogP contribution in [-0.4, -0.2) is 6.26 Å². The van der Waals surface area contributed by atoms with Crippen LogP contribution in [0.4, 0.5) is 0 Å². The molecule has 1 rings (SSSR count). The number of hydrogen-bond donors (Lipinski definition) is 0. The van der Waals surface area contributed by atoms with E-state index in [4.69, 9.17) is 21.0 Å². The van der Waals surface area contributed by atoms with E-state index >= 15 is 0 Å². The van der Waals surface area contributed by atoms with Crippen LogP contribution in [0, 0.1) is 11.3 Å². The van der Waals surface area contributed by atoms with Gasteiger partial charge in [-0.05, 0) is 29.7 Å². The Hall–Kier alpha value is -0.690. The Kier molecular flexibility index (Phi) is 4.10. The minimum Gasteiger partial charge on any atom is -0.311 e. The van der Waals surface area contributed by atoms with Crippen LogP contribution < -0.4 is 0 Å². The highest BCUT2D eigenvalue weighted by molar-refractivity contribution is 7.93. The Labute approximate surface area is 86.7 Å². The van der Waals surface area contributed by atoms with Crippen LogP contribution in [0.3, 0.4) is 0 Å². The monoisotopic (exact) mass is 213 g/mol. The molecule has 2 nitrogen and oxygen atoms in total. The molecule has 0 amide bonds. The van der Waals surface area contributed by atoms with Crippen molar-refractivity contribution in [3.8, 4) is 6.07 Å². The number of hydrogen-bond acceptors (Lipinski definition) is 3. The third-order valence-corrected chi connectivity index (χ3v) is 2.16. The van der Waals surface area contributed by atoms with E-state index in [-0.39, 0.29) is 0 Å². The quantitative estimate of drug-likeness (QED) is 0.724. The van der Waals surface area contributed by atoms with Gasteiger partial charge in [0.05, 0.1) is 17.2 Å². The zero-order chi connectivity index (χ0) is 9.68. The van der Waals surface area contributed by atoms with Crippen molar-refractivity contribution in [2.45, 2.75) is 6.61 Å². The second-order valence-electron chi connectivity index (χ2n) is 2.35. The Morgan fingerprint density at radius 3 is 2.92 bits per heavy atom. The summed E-state index contributed by atoms with van der Waals surface area (Å²) in [5, 5.41) is 9.09. The molecule has 0 heterocycles. The van der Waals surface area contributed by atoms with Gasteiger partial charge in [-0.1, -0.05) is 17.7 Å². The van der Waals surface area contributed by atoms with Gasteiger partial charge in [0.15, 0.2) is 0 Å². The van der Waals surface area contributed by atoms with Crippen LogP contribution in [0.25, 0.3) is 0 Å². The summed E-state index contributed by atoms with van der Waals surface area (Å²) in [6, 6.07) is 7.28. The molecule has 13 heavy (non-hydrogen) atoms. The third-order valence-electron chi connectivity index (χ3n) is 1.50. The highest BCUT2D eigenvalue weighted by Gasteiger charge is 2.00. The lowest BCUT2D eigenvalue weighted by atomic mass is 10.1. The lowest BCUT2D eigenvalue weighted by molar-refractivity contribution is 0.366. The predicted molar refractivity (Wildman–Crippen MR) is 54.5 cm³/mol. The third kappa shape index (κ3) is 2.92. The summed E-state index contributed by atoms with van der Waals surface area (Å²) in [6.45, 7) is 0.507. The molecule has 4 heteroatoms. The summed E-state index contributed by atoms with van der Waals surface area (Å²) in [5.74, 6) is 0. The van der Waals surface area contributed by atoms with Crippen molar-refractivity contribution < 1.29 is 4.18 Å². The van der Waals surface area contributed by atoms with Gasteiger partial charge in [-0.25, -0.2) is 0 Å². The highest BCUT2D eigenvalue weighted by Crippen LogP contribution is 2.18. The Morgan fingerprint density at radius 2 is 2.38 bits per heavy atom. The van der Waals surface area contributed by atoms with Gasteiger partial charge in [0.25, 0.3) is 0 Å². The fourth-order valence-electron chi connectivity index (χ4n) is 0.866. The molecule has 0 unspecified atom stereocenters. The summed E-state index contributed by atoms with van der Waals surface area (Å²) >= 11 is 7.13. The molecule has 0 aliphatic carbocycles. The maximum absolute atomic E-state index is 8.62. The molecule has 0 fully saturated rings. The van der Waals surface area contributed by atoms with Crippen molar-refractivity contribution in [2.75, 3.05) is 6.26 Å². The number of nitriles is 1.